The maximum atomic E-state index is 12.9. The third-order valence-electron chi connectivity index (χ3n) is 4.73. The summed E-state index contributed by atoms with van der Waals surface area (Å²) < 4.78 is 25.2. The summed E-state index contributed by atoms with van der Waals surface area (Å²) in [6.45, 7) is 1.02. The van der Waals surface area contributed by atoms with E-state index in [4.69, 9.17) is 0 Å². The van der Waals surface area contributed by atoms with Crippen molar-refractivity contribution in [2.45, 2.75) is 17.6 Å². The Morgan fingerprint density at radius 1 is 1.26 bits per heavy atom. The number of nitrogens with one attached hydrogen (secondary N) is 2. The van der Waals surface area contributed by atoms with Crippen LogP contribution < -0.4 is 10.6 Å². The maximum absolute atomic E-state index is 12.9. The molecule has 3 rings (SSSR count). The van der Waals surface area contributed by atoms with Crippen molar-refractivity contribution in [3.8, 4) is 11.4 Å². The number of benzene rings is 1. The summed E-state index contributed by atoms with van der Waals surface area (Å²) in [6.07, 6.45) is 5.23. The predicted octanol–water partition coefficient (Wildman–Crippen LogP) is 2.04. The molecule has 27 heavy (non-hydrogen) atoms. The number of carbonyl (C=O) groups excluding carboxylic acids is 1. The summed E-state index contributed by atoms with van der Waals surface area (Å²) >= 11 is 0. The standard InChI is InChI=1S/C17H22N4O3S.2ClH/c1-21-11-10-19-15(21)13-4-3-5-14(12-13)20-16(22)17(25(2,23)24)6-8-18-9-7-17;;/h3-5,10-12,18H,6-9H2,1-2H3,(H,20,22);2*1H. The van der Waals surface area contributed by atoms with Gasteiger partial charge >= 0.3 is 0 Å². The molecule has 1 aliphatic heterocycles. The van der Waals surface area contributed by atoms with E-state index in [-0.39, 0.29) is 37.7 Å². The van der Waals surface area contributed by atoms with Gasteiger partial charge < -0.3 is 15.2 Å². The van der Waals surface area contributed by atoms with Crippen LogP contribution in [0.5, 0.6) is 0 Å². The first-order valence-corrected chi connectivity index (χ1v) is 10.0. The Morgan fingerprint density at radius 2 is 1.93 bits per heavy atom. The number of carbonyl (C=O) groups is 1. The van der Waals surface area contributed by atoms with Crippen LogP contribution in [0.1, 0.15) is 12.8 Å². The molecule has 150 valence electrons. The quantitative estimate of drug-likeness (QED) is 0.767. The van der Waals surface area contributed by atoms with Crippen LogP contribution in [0.3, 0.4) is 0 Å². The summed E-state index contributed by atoms with van der Waals surface area (Å²) in [5, 5.41) is 5.91. The van der Waals surface area contributed by atoms with Gasteiger partial charge in [-0.2, -0.15) is 0 Å². The average Bonchev–Trinajstić information content (AvgIpc) is 3.01. The topological polar surface area (TPSA) is 93.1 Å². The highest BCUT2D eigenvalue weighted by Gasteiger charge is 2.48. The first-order chi connectivity index (χ1) is 11.8. The maximum Gasteiger partial charge on any atom is 0.245 e. The molecule has 1 aromatic heterocycles. The number of imidazole rings is 1. The van der Waals surface area contributed by atoms with E-state index in [1.807, 2.05) is 29.9 Å². The van der Waals surface area contributed by atoms with E-state index in [1.54, 1.807) is 18.3 Å². The molecular weight excluding hydrogens is 411 g/mol. The van der Waals surface area contributed by atoms with Gasteiger partial charge in [-0.05, 0) is 38.1 Å². The molecule has 2 heterocycles. The van der Waals surface area contributed by atoms with Crippen LogP contribution in [0.15, 0.2) is 36.7 Å². The minimum absolute atomic E-state index is 0. The average molecular weight is 435 g/mol. The lowest BCUT2D eigenvalue weighted by molar-refractivity contribution is -0.119. The molecule has 0 saturated carbocycles. The summed E-state index contributed by atoms with van der Waals surface area (Å²) in [4.78, 5) is 17.2. The molecule has 0 aliphatic carbocycles. The molecule has 1 amide bonds. The van der Waals surface area contributed by atoms with Gasteiger partial charge in [-0.25, -0.2) is 13.4 Å². The van der Waals surface area contributed by atoms with Crippen molar-refractivity contribution in [2.24, 2.45) is 7.05 Å². The Bertz CT molecular complexity index is 893. The molecule has 0 atom stereocenters. The van der Waals surface area contributed by atoms with Crippen LogP contribution in [0.25, 0.3) is 11.4 Å². The zero-order valence-corrected chi connectivity index (χ0v) is 17.6. The second-order valence-corrected chi connectivity index (χ2v) is 8.74. The van der Waals surface area contributed by atoms with E-state index in [0.717, 1.165) is 17.6 Å². The molecule has 1 fully saturated rings. The Balaban J connectivity index is 0.00000182. The molecule has 7 nitrogen and oxygen atoms in total. The van der Waals surface area contributed by atoms with E-state index >= 15 is 0 Å². The smallest absolute Gasteiger partial charge is 0.245 e. The number of anilines is 1. The predicted molar refractivity (Wildman–Crippen MR) is 111 cm³/mol. The van der Waals surface area contributed by atoms with Crippen molar-refractivity contribution in [3.05, 3.63) is 36.7 Å². The molecule has 2 N–H and O–H groups in total. The number of hydrogen-bond acceptors (Lipinski definition) is 5. The third kappa shape index (κ3) is 4.63. The Kier molecular flexibility index (Phi) is 7.86. The fourth-order valence-electron chi connectivity index (χ4n) is 3.22. The molecule has 0 bridgehead atoms. The zero-order chi connectivity index (χ0) is 18.1. The Labute approximate surface area is 171 Å². The van der Waals surface area contributed by atoms with Crippen LogP contribution in [0.2, 0.25) is 0 Å². The van der Waals surface area contributed by atoms with E-state index in [2.05, 4.69) is 15.6 Å². The highest BCUT2D eigenvalue weighted by atomic mass is 35.5. The SMILES string of the molecule is Cl.Cl.Cn1ccnc1-c1cccc(NC(=O)C2(S(C)(=O)=O)CCNCC2)c1. The number of rotatable bonds is 4. The summed E-state index contributed by atoms with van der Waals surface area (Å²) in [6, 6.07) is 7.27. The molecule has 0 unspecified atom stereocenters. The normalized spacial score (nSPS) is 15.9. The summed E-state index contributed by atoms with van der Waals surface area (Å²) in [5.41, 5.74) is 1.41. The third-order valence-corrected chi connectivity index (χ3v) is 6.75. The van der Waals surface area contributed by atoms with E-state index in [9.17, 15) is 13.2 Å². The monoisotopic (exact) mass is 434 g/mol. The molecule has 1 saturated heterocycles. The number of amides is 1. The minimum atomic E-state index is -3.54. The van der Waals surface area contributed by atoms with Gasteiger partial charge in [0, 0.05) is 36.9 Å². The fraction of sp³-hybridized carbons (Fsp3) is 0.412. The first kappa shape index (κ1) is 23.4. The van der Waals surface area contributed by atoms with Crippen LogP contribution in [0, 0.1) is 0 Å². The molecule has 2 aromatic rings. The lowest BCUT2D eigenvalue weighted by Gasteiger charge is -2.34. The summed E-state index contributed by atoms with van der Waals surface area (Å²) in [7, 11) is -1.65. The number of aryl methyl sites for hydroxylation is 1. The number of nitrogens with zero attached hydrogens (tertiary/aromatic N) is 2. The van der Waals surface area contributed by atoms with Gasteiger partial charge in [0.2, 0.25) is 5.91 Å². The van der Waals surface area contributed by atoms with Crippen molar-refractivity contribution in [1.29, 1.82) is 0 Å². The number of halogens is 2. The van der Waals surface area contributed by atoms with Crippen molar-refractivity contribution in [1.82, 2.24) is 14.9 Å². The van der Waals surface area contributed by atoms with E-state index in [0.29, 0.717) is 18.8 Å². The fourth-order valence-corrected chi connectivity index (χ4v) is 4.56. The Hall–Kier alpha value is -1.61. The van der Waals surface area contributed by atoms with Crippen LogP contribution in [0.4, 0.5) is 5.69 Å². The number of hydrogen-bond donors (Lipinski definition) is 2. The second-order valence-electron chi connectivity index (χ2n) is 6.41. The van der Waals surface area contributed by atoms with Crippen molar-refractivity contribution >= 4 is 46.2 Å². The van der Waals surface area contributed by atoms with Gasteiger partial charge in [-0.15, -0.1) is 24.8 Å². The van der Waals surface area contributed by atoms with Crippen molar-refractivity contribution in [3.63, 3.8) is 0 Å². The van der Waals surface area contributed by atoms with Gasteiger partial charge in [0.05, 0.1) is 0 Å². The molecule has 1 aromatic carbocycles. The highest BCUT2D eigenvalue weighted by Crippen LogP contribution is 2.30. The van der Waals surface area contributed by atoms with E-state index < -0.39 is 20.5 Å². The highest BCUT2D eigenvalue weighted by molar-refractivity contribution is 7.92. The van der Waals surface area contributed by atoms with Crippen molar-refractivity contribution in [2.75, 3.05) is 24.7 Å². The van der Waals surface area contributed by atoms with Gasteiger partial charge in [-0.1, -0.05) is 12.1 Å². The zero-order valence-electron chi connectivity index (χ0n) is 15.1. The largest absolute Gasteiger partial charge is 0.334 e. The number of piperidine rings is 1. The van der Waals surface area contributed by atoms with Crippen LogP contribution in [-0.4, -0.2) is 48.0 Å². The summed E-state index contributed by atoms with van der Waals surface area (Å²) in [5.74, 6) is 0.310. The first-order valence-electron chi connectivity index (χ1n) is 8.13. The Morgan fingerprint density at radius 3 is 2.48 bits per heavy atom. The van der Waals surface area contributed by atoms with Gasteiger partial charge in [-0.3, -0.25) is 4.79 Å². The molecule has 0 radical (unpaired) electrons. The number of aromatic nitrogens is 2. The molecule has 1 aliphatic rings. The molecule has 0 spiro atoms. The van der Waals surface area contributed by atoms with E-state index in [1.165, 1.54) is 0 Å². The lowest BCUT2D eigenvalue weighted by Crippen LogP contribution is -2.55. The lowest BCUT2D eigenvalue weighted by atomic mass is 9.95. The van der Waals surface area contributed by atoms with Crippen molar-refractivity contribution < 1.29 is 13.2 Å². The number of sulfone groups is 1. The van der Waals surface area contributed by atoms with Crippen LogP contribution in [-0.2, 0) is 21.7 Å². The van der Waals surface area contributed by atoms with Gasteiger partial charge in [0.25, 0.3) is 0 Å². The van der Waals surface area contributed by atoms with Crippen LogP contribution >= 0.6 is 24.8 Å². The minimum Gasteiger partial charge on any atom is -0.334 e. The second kappa shape index (κ2) is 9.05. The molecular formula is C17H24Cl2N4O3S. The molecule has 10 heteroatoms. The van der Waals surface area contributed by atoms with Gasteiger partial charge in [0.15, 0.2) is 14.6 Å². The van der Waals surface area contributed by atoms with Gasteiger partial charge in [0.1, 0.15) is 5.82 Å².